The summed E-state index contributed by atoms with van der Waals surface area (Å²) in [5.74, 6) is 1.62. The van der Waals surface area contributed by atoms with Crippen molar-refractivity contribution in [3.63, 3.8) is 0 Å². The normalized spacial score (nSPS) is 11.5. The highest BCUT2D eigenvalue weighted by molar-refractivity contribution is 7.98. The first-order chi connectivity index (χ1) is 11.9. The van der Waals surface area contributed by atoms with Gasteiger partial charge in [-0.25, -0.2) is 0 Å². The molecule has 4 rings (SSSR count). The molecule has 4 aromatic rings. The summed E-state index contributed by atoms with van der Waals surface area (Å²) < 4.78 is 1.84. The van der Waals surface area contributed by atoms with E-state index in [1.165, 1.54) is 4.90 Å². The van der Waals surface area contributed by atoms with Crippen LogP contribution in [-0.2, 0) is 5.75 Å². The number of rotatable bonds is 5. The molecule has 2 heterocycles. The van der Waals surface area contributed by atoms with Gasteiger partial charge in [0.05, 0.1) is 5.75 Å². The zero-order chi connectivity index (χ0) is 16.2. The number of hydrogen-bond acceptors (Lipinski definition) is 5. The molecule has 0 aliphatic heterocycles. The van der Waals surface area contributed by atoms with E-state index in [4.69, 9.17) is 0 Å². The van der Waals surface area contributed by atoms with E-state index in [9.17, 15) is 0 Å². The third kappa shape index (κ3) is 3.39. The summed E-state index contributed by atoms with van der Waals surface area (Å²) in [7, 11) is 0. The van der Waals surface area contributed by atoms with E-state index >= 15 is 0 Å². The van der Waals surface area contributed by atoms with Gasteiger partial charge >= 0.3 is 0 Å². The monoisotopic (exact) mass is 350 g/mol. The Morgan fingerprint density at radius 2 is 1.67 bits per heavy atom. The van der Waals surface area contributed by atoms with E-state index in [0.717, 1.165) is 27.1 Å². The molecule has 6 heteroatoms. The van der Waals surface area contributed by atoms with Crippen LogP contribution in [0, 0.1) is 0 Å². The standard InChI is InChI=1S/C18H14N4S2/c1-3-7-14(8-4-1)11-12-17-21-22-16(19-20-18(22)24-17)13-23-15-9-5-2-6-10-15/h1-12H,13H2. The predicted molar refractivity (Wildman–Crippen MR) is 100 cm³/mol. The Balaban J connectivity index is 1.52. The molecule has 0 N–H and O–H groups in total. The van der Waals surface area contributed by atoms with Gasteiger partial charge in [-0.2, -0.15) is 9.61 Å². The zero-order valence-electron chi connectivity index (χ0n) is 12.7. The topological polar surface area (TPSA) is 43.1 Å². The van der Waals surface area contributed by atoms with Gasteiger partial charge in [0.25, 0.3) is 0 Å². The number of aromatic nitrogens is 4. The van der Waals surface area contributed by atoms with E-state index in [2.05, 4.69) is 45.6 Å². The third-order valence-corrected chi connectivity index (χ3v) is 5.27. The molecule has 0 bridgehead atoms. The van der Waals surface area contributed by atoms with E-state index in [1.807, 2.05) is 47.0 Å². The van der Waals surface area contributed by atoms with Crippen molar-refractivity contribution in [2.24, 2.45) is 0 Å². The Morgan fingerprint density at radius 1 is 0.917 bits per heavy atom. The van der Waals surface area contributed by atoms with Crippen LogP contribution in [0.3, 0.4) is 0 Å². The number of hydrogen-bond donors (Lipinski definition) is 0. The van der Waals surface area contributed by atoms with Gasteiger partial charge in [0.2, 0.25) is 4.96 Å². The largest absolute Gasteiger partial charge is 0.234 e. The van der Waals surface area contributed by atoms with E-state index < -0.39 is 0 Å². The number of benzene rings is 2. The molecule has 24 heavy (non-hydrogen) atoms. The van der Waals surface area contributed by atoms with Crippen molar-refractivity contribution < 1.29 is 0 Å². The fraction of sp³-hybridized carbons (Fsp3) is 0.0556. The van der Waals surface area contributed by atoms with Crippen LogP contribution in [0.25, 0.3) is 17.1 Å². The van der Waals surface area contributed by atoms with Gasteiger partial charge in [-0.3, -0.25) is 0 Å². The molecule has 2 aromatic carbocycles. The molecule has 0 radical (unpaired) electrons. The second-order valence-corrected chi connectivity index (χ2v) is 7.13. The Hall–Kier alpha value is -2.44. The molecule has 0 fully saturated rings. The first-order valence-electron chi connectivity index (χ1n) is 7.50. The highest BCUT2D eigenvalue weighted by atomic mass is 32.2. The second-order valence-electron chi connectivity index (χ2n) is 5.10. The molecule has 0 saturated heterocycles. The number of nitrogens with zero attached hydrogens (tertiary/aromatic N) is 4. The van der Waals surface area contributed by atoms with Gasteiger partial charge in [-0.1, -0.05) is 65.9 Å². The molecule has 0 aliphatic rings. The number of thioether (sulfide) groups is 1. The summed E-state index contributed by atoms with van der Waals surface area (Å²) in [6, 6.07) is 20.5. The summed E-state index contributed by atoms with van der Waals surface area (Å²) in [5, 5.41) is 14.0. The lowest BCUT2D eigenvalue weighted by atomic mass is 10.2. The second kappa shape index (κ2) is 6.98. The van der Waals surface area contributed by atoms with Crippen molar-refractivity contribution in [3.8, 4) is 0 Å². The van der Waals surface area contributed by atoms with Gasteiger partial charge in [-0.15, -0.1) is 22.0 Å². The molecule has 0 saturated carbocycles. The summed E-state index contributed by atoms with van der Waals surface area (Å²) in [5.41, 5.74) is 1.16. The first-order valence-corrected chi connectivity index (χ1v) is 9.31. The van der Waals surface area contributed by atoms with E-state index in [-0.39, 0.29) is 0 Å². The lowest BCUT2D eigenvalue weighted by Gasteiger charge is -1.98. The average molecular weight is 350 g/mol. The van der Waals surface area contributed by atoms with Crippen molar-refractivity contribution in [1.29, 1.82) is 0 Å². The minimum Gasteiger partial charge on any atom is -0.186 e. The molecule has 0 atom stereocenters. The predicted octanol–water partition coefficient (Wildman–Crippen LogP) is 4.65. The molecule has 2 aromatic heterocycles. The summed E-state index contributed by atoms with van der Waals surface area (Å²) >= 11 is 3.28. The van der Waals surface area contributed by atoms with Crippen molar-refractivity contribution in [1.82, 2.24) is 19.8 Å². The van der Waals surface area contributed by atoms with Crippen LogP contribution in [0.1, 0.15) is 16.4 Å². The number of fused-ring (bicyclic) bond motifs is 1. The van der Waals surface area contributed by atoms with Gasteiger partial charge < -0.3 is 0 Å². The Bertz CT molecular complexity index is 959. The molecule has 0 aliphatic carbocycles. The van der Waals surface area contributed by atoms with Crippen LogP contribution < -0.4 is 0 Å². The van der Waals surface area contributed by atoms with Gasteiger partial charge in [0.15, 0.2) is 5.82 Å². The van der Waals surface area contributed by atoms with Crippen LogP contribution in [0.5, 0.6) is 0 Å². The molecule has 0 unspecified atom stereocenters. The smallest absolute Gasteiger partial charge is 0.186 e. The molecule has 4 nitrogen and oxygen atoms in total. The summed E-state index contributed by atoms with van der Waals surface area (Å²) in [6.07, 6.45) is 4.08. The maximum absolute atomic E-state index is 4.61. The first kappa shape index (κ1) is 15.1. The Morgan fingerprint density at radius 3 is 2.46 bits per heavy atom. The highest BCUT2D eigenvalue weighted by Gasteiger charge is 2.10. The van der Waals surface area contributed by atoms with Crippen molar-refractivity contribution in [2.75, 3.05) is 0 Å². The molecule has 0 spiro atoms. The maximum Gasteiger partial charge on any atom is 0.234 e. The Labute approximate surface area is 147 Å². The lowest BCUT2D eigenvalue weighted by molar-refractivity contribution is 0.880. The summed E-state index contributed by atoms with van der Waals surface area (Å²) in [4.78, 5) is 2.04. The van der Waals surface area contributed by atoms with Crippen LogP contribution in [0.15, 0.2) is 65.6 Å². The van der Waals surface area contributed by atoms with Gasteiger partial charge in [-0.05, 0) is 23.8 Å². The average Bonchev–Trinajstić information content (AvgIpc) is 3.20. The SMILES string of the molecule is C(=Cc1nn2c(CSc3ccccc3)nnc2s1)c1ccccc1. The summed E-state index contributed by atoms with van der Waals surface area (Å²) in [6.45, 7) is 0. The van der Waals surface area contributed by atoms with Gasteiger partial charge in [0.1, 0.15) is 5.01 Å². The highest BCUT2D eigenvalue weighted by Crippen LogP contribution is 2.23. The van der Waals surface area contributed by atoms with Crippen molar-refractivity contribution >= 4 is 40.2 Å². The zero-order valence-corrected chi connectivity index (χ0v) is 14.4. The van der Waals surface area contributed by atoms with Crippen LogP contribution >= 0.6 is 23.1 Å². The van der Waals surface area contributed by atoms with Crippen LogP contribution in [-0.4, -0.2) is 19.8 Å². The fourth-order valence-electron chi connectivity index (χ4n) is 2.23. The van der Waals surface area contributed by atoms with E-state index in [0.29, 0.717) is 0 Å². The van der Waals surface area contributed by atoms with Crippen molar-refractivity contribution in [2.45, 2.75) is 10.6 Å². The Kier molecular flexibility index (Phi) is 4.40. The fourth-order valence-corrected chi connectivity index (χ4v) is 3.81. The third-order valence-electron chi connectivity index (χ3n) is 3.40. The maximum atomic E-state index is 4.61. The van der Waals surface area contributed by atoms with Crippen LogP contribution in [0.2, 0.25) is 0 Å². The van der Waals surface area contributed by atoms with E-state index in [1.54, 1.807) is 23.1 Å². The minimum absolute atomic E-state index is 0.747. The quantitative estimate of drug-likeness (QED) is 0.492. The van der Waals surface area contributed by atoms with Crippen LogP contribution in [0.4, 0.5) is 0 Å². The molecular weight excluding hydrogens is 336 g/mol. The molecular formula is C18H14N4S2. The lowest BCUT2D eigenvalue weighted by Crippen LogP contribution is -1.93. The minimum atomic E-state index is 0.747. The molecule has 0 amide bonds. The molecule has 118 valence electrons. The van der Waals surface area contributed by atoms with Crippen molar-refractivity contribution in [3.05, 3.63) is 77.1 Å². The van der Waals surface area contributed by atoms with Gasteiger partial charge in [0, 0.05) is 4.90 Å².